The minimum absolute atomic E-state index is 0.0619. The summed E-state index contributed by atoms with van der Waals surface area (Å²) >= 11 is 0. The molecule has 1 amide bonds. The second-order valence-corrected chi connectivity index (χ2v) is 7.30. The van der Waals surface area contributed by atoms with Crippen LogP contribution >= 0.6 is 0 Å². The van der Waals surface area contributed by atoms with Crippen molar-refractivity contribution in [2.45, 2.75) is 52.5 Å². The Kier molecular flexibility index (Phi) is 7.95. The number of nitrogens with zero attached hydrogens (tertiary/aromatic N) is 2. The van der Waals surface area contributed by atoms with Crippen molar-refractivity contribution in [3.05, 3.63) is 35.9 Å². The minimum atomic E-state index is 0.0619. The zero-order valence-corrected chi connectivity index (χ0v) is 16.7. The zero-order chi connectivity index (χ0) is 18.9. The van der Waals surface area contributed by atoms with Gasteiger partial charge < -0.3 is 15.5 Å². The van der Waals surface area contributed by atoms with Gasteiger partial charge in [0.1, 0.15) is 0 Å². The molecule has 1 fully saturated rings. The number of rotatable bonds is 7. The Morgan fingerprint density at radius 1 is 1.27 bits per heavy atom. The monoisotopic (exact) mass is 358 g/mol. The molecule has 1 heterocycles. The maximum atomic E-state index is 12.2. The Morgan fingerprint density at radius 3 is 2.62 bits per heavy atom. The smallest absolute Gasteiger partial charge is 0.225 e. The molecule has 5 nitrogen and oxygen atoms in total. The van der Waals surface area contributed by atoms with Gasteiger partial charge in [-0.05, 0) is 25.3 Å². The second kappa shape index (κ2) is 10.2. The lowest BCUT2D eigenvalue weighted by atomic mass is 9.97. The van der Waals surface area contributed by atoms with Crippen LogP contribution in [0.2, 0.25) is 0 Å². The number of aliphatic imine (C=N–C) groups is 1. The van der Waals surface area contributed by atoms with Gasteiger partial charge in [-0.25, -0.2) is 0 Å². The maximum absolute atomic E-state index is 12.2. The van der Waals surface area contributed by atoms with E-state index in [1.165, 1.54) is 5.56 Å². The third-order valence-electron chi connectivity index (χ3n) is 4.91. The van der Waals surface area contributed by atoms with E-state index in [9.17, 15) is 4.79 Å². The average Bonchev–Trinajstić information content (AvgIpc) is 3.11. The molecule has 26 heavy (non-hydrogen) atoms. The molecule has 1 aromatic rings. The molecule has 0 aromatic heterocycles. The van der Waals surface area contributed by atoms with Crippen molar-refractivity contribution in [2.24, 2.45) is 10.9 Å². The predicted molar refractivity (Wildman–Crippen MR) is 108 cm³/mol. The number of likely N-dealkylation sites (tertiary alicyclic amines) is 1. The van der Waals surface area contributed by atoms with E-state index < -0.39 is 0 Å². The SMILES string of the molecule is CCNC(=NCC(CC)c1ccccc1)NC1CCN(C(=O)C(C)C)C1. The van der Waals surface area contributed by atoms with Crippen LogP contribution < -0.4 is 10.6 Å². The number of carbonyl (C=O) groups is 1. The molecular formula is C21H34N4O. The fraction of sp³-hybridized carbons (Fsp3) is 0.619. The van der Waals surface area contributed by atoms with Crippen LogP contribution in [0.1, 0.15) is 52.0 Å². The summed E-state index contributed by atoms with van der Waals surface area (Å²) in [6.07, 6.45) is 2.03. The van der Waals surface area contributed by atoms with Crippen molar-refractivity contribution in [3.8, 4) is 0 Å². The highest BCUT2D eigenvalue weighted by molar-refractivity contribution is 5.81. The minimum Gasteiger partial charge on any atom is -0.357 e. The molecule has 144 valence electrons. The lowest BCUT2D eigenvalue weighted by Gasteiger charge is -2.21. The molecule has 1 aliphatic heterocycles. The standard InChI is InChI=1S/C21H34N4O/c1-5-17(18-10-8-7-9-11-18)14-23-21(22-6-2)24-19-12-13-25(15-19)20(26)16(3)4/h7-11,16-17,19H,5-6,12-15H2,1-4H3,(H2,22,23,24). The van der Waals surface area contributed by atoms with Crippen molar-refractivity contribution >= 4 is 11.9 Å². The summed E-state index contributed by atoms with van der Waals surface area (Å²) in [5, 5.41) is 6.86. The Balaban J connectivity index is 1.95. The molecule has 2 N–H and O–H groups in total. The first-order valence-electron chi connectivity index (χ1n) is 9.93. The average molecular weight is 359 g/mol. The molecule has 0 aliphatic carbocycles. The third kappa shape index (κ3) is 5.75. The molecule has 0 radical (unpaired) electrons. The number of hydrogen-bond donors (Lipinski definition) is 2. The van der Waals surface area contributed by atoms with Gasteiger partial charge in [0.2, 0.25) is 5.91 Å². The van der Waals surface area contributed by atoms with Crippen LogP contribution in [-0.2, 0) is 4.79 Å². The highest BCUT2D eigenvalue weighted by atomic mass is 16.2. The normalized spacial score (nSPS) is 18.9. The molecule has 2 unspecified atom stereocenters. The van der Waals surface area contributed by atoms with Crippen LogP contribution in [0.5, 0.6) is 0 Å². The number of carbonyl (C=O) groups excluding carboxylic acids is 1. The Hall–Kier alpha value is -2.04. The molecule has 1 saturated heterocycles. The fourth-order valence-corrected chi connectivity index (χ4v) is 3.35. The molecule has 0 bridgehead atoms. The van der Waals surface area contributed by atoms with Crippen LogP contribution in [0.4, 0.5) is 0 Å². The highest BCUT2D eigenvalue weighted by Gasteiger charge is 2.28. The van der Waals surface area contributed by atoms with Gasteiger partial charge in [0, 0.05) is 44.1 Å². The van der Waals surface area contributed by atoms with Crippen molar-refractivity contribution in [2.75, 3.05) is 26.2 Å². The van der Waals surface area contributed by atoms with E-state index >= 15 is 0 Å². The Morgan fingerprint density at radius 2 is 2.00 bits per heavy atom. The van der Waals surface area contributed by atoms with E-state index in [0.717, 1.165) is 45.0 Å². The molecular weight excluding hydrogens is 324 g/mol. The van der Waals surface area contributed by atoms with Gasteiger partial charge in [-0.15, -0.1) is 0 Å². The highest BCUT2D eigenvalue weighted by Crippen LogP contribution is 2.19. The van der Waals surface area contributed by atoms with Crippen LogP contribution in [0.25, 0.3) is 0 Å². The lowest BCUT2D eigenvalue weighted by molar-refractivity contribution is -0.133. The van der Waals surface area contributed by atoms with Gasteiger partial charge in [-0.2, -0.15) is 0 Å². The van der Waals surface area contributed by atoms with E-state index in [1.807, 2.05) is 18.7 Å². The molecule has 1 aliphatic rings. The topological polar surface area (TPSA) is 56.7 Å². The summed E-state index contributed by atoms with van der Waals surface area (Å²) in [5.74, 6) is 1.58. The summed E-state index contributed by atoms with van der Waals surface area (Å²) < 4.78 is 0. The molecule has 0 saturated carbocycles. The first-order valence-corrected chi connectivity index (χ1v) is 9.93. The molecule has 2 atom stereocenters. The summed E-state index contributed by atoms with van der Waals surface area (Å²) in [7, 11) is 0. The van der Waals surface area contributed by atoms with E-state index in [-0.39, 0.29) is 17.9 Å². The maximum Gasteiger partial charge on any atom is 0.225 e. The van der Waals surface area contributed by atoms with Gasteiger partial charge in [0.05, 0.1) is 0 Å². The first-order chi connectivity index (χ1) is 12.5. The first kappa shape index (κ1) is 20.3. The van der Waals surface area contributed by atoms with E-state index in [4.69, 9.17) is 4.99 Å². The number of hydrogen-bond acceptors (Lipinski definition) is 2. The van der Waals surface area contributed by atoms with Gasteiger partial charge in [0.15, 0.2) is 5.96 Å². The van der Waals surface area contributed by atoms with Gasteiger partial charge in [0.25, 0.3) is 0 Å². The quantitative estimate of drug-likeness (QED) is 0.582. The third-order valence-corrected chi connectivity index (χ3v) is 4.91. The van der Waals surface area contributed by atoms with Crippen molar-refractivity contribution in [3.63, 3.8) is 0 Å². The molecule has 2 rings (SSSR count). The zero-order valence-electron chi connectivity index (χ0n) is 16.7. The molecule has 5 heteroatoms. The van der Waals surface area contributed by atoms with Crippen molar-refractivity contribution in [1.82, 2.24) is 15.5 Å². The molecule has 1 aromatic carbocycles. The molecule has 0 spiro atoms. The van der Waals surface area contributed by atoms with E-state index in [1.54, 1.807) is 0 Å². The van der Waals surface area contributed by atoms with Crippen LogP contribution in [0, 0.1) is 5.92 Å². The van der Waals surface area contributed by atoms with Crippen molar-refractivity contribution in [1.29, 1.82) is 0 Å². The Labute approximate surface area is 158 Å². The Bertz CT molecular complexity index is 585. The van der Waals surface area contributed by atoms with Crippen LogP contribution in [0.15, 0.2) is 35.3 Å². The lowest BCUT2D eigenvalue weighted by Crippen LogP contribution is -2.45. The fourth-order valence-electron chi connectivity index (χ4n) is 3.35. The van der Waals surface area contributed by atoms with E-state index in [0.29, 0.717) is 5.92 Å². The largest absolute Gasteiger partial charge is 0.357 e. The number of nitrogens with one attached hydrogen (secondary N) is 2. The summed E-state index contributed by atoms with van der Waals surface area (Å²) in [6, 6.07) is 10.9. The second-order valence-electron chi connectivity index (χ2n) is 7.30. The summed E-state index contributed by atoms with van der Waals surface area (Å²) in [6.45, 7) is 11.4. The van der Waals surface area contributed by atoms with Gasteiger partial charge >= 0.3 is 0 Å². The predicted octanol–water partition coefficient (Wildman–Crippen LogP) is 2.99. The summed E-state index contributed by atoms with van der Waals surface area (Å²) in [4.78, 5) is 18.9. The number of benzene rings is 1. The summed E-state index contributed by atoms with van der Waals surface area (Å²) in [5.41, 5.74) is 1.34. The number of amides is 1. The van der Waals surface area contributed by atoms with E-state index in [2.05, 4.69) is 54.8 Å². The van der Waals surface area contributed by atoms with Gasteiger partial charge in [-0.3, -0.25) is 9.79 Å². The number of guanidine groups is 1. The van der Waals surface area contributed by atoms with Crippen LogP contribution in [0.3, 0.4) is 0 Å². The van der Waals surface area contributed by atoms with Crippen molar-refractivity contribution < 1.29 is 4.79 Å². The van der Waals surface area contributed by atoms with Gasteiger partial charge in [-0.1, -0.05) is 51.1 Å². The van der Waals surface area contributed by atoms with Crippen LogP contribution in [-0.4, -0.2) is 49.0 Å².